The Bertz CT molecular complexity index is 1760. The molecule has 0 saturated carbocycles. The van der Waals surface area contributed by atoms with Crippen molar-refractivity contribution < 1.29 is 57.5 Å². The van der Waals surface area contributed by atoms with Crippen molar-refractivity contribution in [1.29, 1.82) is 0 Å². The van der Waals surface area contributed by atoms with E-state index in [1.54, 1.807) is 0 Å². The van der Waals surface area contributed by atoms with Crippen LogP contribution in [0.25, 0.3) is 11.2 Å². The fraction of sp³-hybridized carbons (Fsp3) is 0.364. The molecule has 3 aromatic rings. The number of nitro benzene ring substituents is 1. The highest BCUT2D eigenvalue weighted by atomic mass is 31.2. The monoisotopic (exact) mass is 637 g/mol. The smallest absolute Gasteiger partial charge is 0.475 e. The Balaban J connectivity index is 1.31. The maximum Gasteiger partial charge on any atom is 0.475 e. The first-order valence-corrected chi connectivity index (χ1v) is 13.8. The van der Waals surface area contributed by atoms with Crippen LogP contribution in [0.5, 0.6) is 0 Å². The second kappa shape index (κ2) is 11.7. The number of phosphoric acid groups is 1. The molecular formula is C22H20N7O14P-2. The molecule has 22 heteroatoms. The Morgan fingerprint density at radius 2 is 1.98 bits per heavy atom. The summed E-state index contributed by atoms with van der Waals surface area (Å²) in [6.07, 6.45) is -3.81. The maximum absolute atomic E-state index is 13.3. The van der Waals surface area contributed by atoms with E-state index in [-0.39, 0.29) is 22.7 Å². The largest absolute Gasteiger partial charge is 0.548 e. The number of nitrogen functional groups attached to an aromatic ring is 1. The topological polar surface area (TPSA) is 308 Å². The Labute approximate surface area is 243 Å². The quantitative estimate of drug-likeness (QED) is 0.110. The van der Waals surface area contributed by atoms with Gasteiger partial charge in [0, 0.05) is 11.6 Å². The van der Waals surface area contributed by atoms with Crippen LogP contribution in [0, 0.1) is 10.1 Å². The van der Waals surface area contributed by atoms with Crippen molar-refractivity contribution in [2.45, 2.75) is 31.1 Å². The molecule has 44 heavy (non-hydrogen) atoms. The molecule has 4 N–H and O–H groups in total. The summed E-state index contributed by atoms with van der Waals surface area (Å²) in [7, 11) is -4.48. The number of hydrogen-bond acceptors (Lipinski definition) is 17. The molecule has 0 radical (unpaired) electrons. The number of carboxylic acids is 2. The summed E-state index contributed by atoms with van der Waals surface area (Å²) in [5.74, 6) is -4.95. The minimum Gasteiger partial charge on any atom is -0.548 e. The molecular weight excluding hydrogens is 617 g/mol. The summed E-state index contributed by atoms with van der Waals surface area (Å²) in [4.78, 5) is 68.0. The van der Waals surface area contributed by atoms with E-state index in [1.807, 2.05) is 0 Å². The number of hydrogen-bond donors (Lipinski definition) is 3. The van der Waals surface area contributed by atoms with E-state index in [0.717, 1.165) is 18.2 Å². The summed E-state index contributed by atoms with van der Waals surface area (Å²) >= 11 is 0. The number of aliphatic hydroxyl groups is 1. The predicted molar refractivity (Wildman–Crippen MR) is 135 cm³/mol. The van der Waals surface area contributed by atoms with Crippen LogP contribution in [0.2, 0.25) is 0 Å². The lowest BCUT2D eigenvalue weighted by Crippen LogP contribution is -2.47. The van der Waals surface area contributed by atoms with Crippen LogP contribution in [0.3, 0.4) is 0 Å². The van der Waals surface area contributed by atoms with E-state index in [4.69, 9.17) is 24.0 Å². The molecule has 234 valence electrons. The lowest BCUT2D eigenvalue weighted by molar-refractivity contribution is -0.385. The zero-order chi connectivity index (χ0) is 31.9. The molecule has 21 nitrogen and oxygen atoms in total. The summed E-state index contributed by atoms with van der Waals surface area (Å²) < 4.78 is 36.2. The summed E-state index contributed by atoms with van der Waals surface area (Å²) in [5.41, 5.74) is 3.49. The number of aromatic amines is 1. The highest BCUT2D eigenvalue weighted by Gasteiger charge is 2.53. The normalized spacial score (nSPS) is 24.6. The van der Waals surface area contributed by atoms with Crippen molar-refractivity contribution in [3.63, 3.8) is 0 Å². The molecule has 2 saturated heterocycles. The van der Waals surface area contributed by atoms with Gasteiger partial charge in [-0.3, -0.25) is 42.8 Å². The van der Waals surface area contributed by atoms with Crippen LogP contribution in [-0.4, -0.2) is 90.3 Å². The number of aliphatic carboxylic acids is 2. The Kier molecular flexibility index (Phi) is 8.16. The van der Waals surface area contributed by atoms with Gasteiger partial charge >= 0.3 is 7.82 Å². The number of carbonyl (C=O) groups excluding carboxylic acids is 3. The average molecular weight is 637 g/mol. The number of nitrogens with two attached hydrogens (primary N) is 1. The van der Waals surface area contributed by atoms with Crippen molar-refractivity contribution in [2.75, 3.05) is 25.4 Å². The van der Waals surface area contributed by atoms with Crippen LogP contribution < -0.4 is 21.5 Å². The van der Waals surface area contributed by atoms with Crippen LogP contribution >= 0.6 is 7.82 Å². The number of imidazole rings is 1. The predicted octanol–water partition coefficient (Wildman–Crippen LogP) is -3.45. The molecule has 2 aliphatic rings. The van der Waals surface area contributed by atoms with Gasteiger partial charge in [0.15, 0.2) is 17.4 Å². The molecule has 2 aliphatic heterocycles. The van der Waals surface area contributed by atoms with Crippen LogP contribution in [0.1, 0.15) is 22.1 Å². The number of nitrogens with one attached hydrogen (secondary N) is 1. The average Bonchev–Trinajstić information content (AvgIpc) is 3.51. The summed E-state index contributed by atoms with van der Waals surface area (Å²) in [6, 6.07) is 2.81. The second-order valence-electron chi connectivity index (χ2n) is 9.42. The number of amides is 1. The minimum atomic E-state index is -4.48. The first-order chi connectivity index (χ1) is 20.8. The van der Waals surface area contributed by atoms with Gasteiger partial charge in [-0.15, -0.1) is 0 Å². The number of H-pyrrole nitrogens is 1. The summed E-state index contributed by atoms with van der Waals surface area (Å²) in [5, 5.41) is 44.5. The van der Waals surface area contributed by atoms with Crippen molar-refractivity contribution in [2.24, 2.45) is 0 Å². The van der Waals surface area contributed by atoms with Crippen molar-refractivity contribution in [3.8, 4) is 0 Å². The Hall–Kier alpha value is -4.79. The standard InChI is InChI=1S/C22H22N7O14P/c23-22-25-18-15(19(35)26-22)24-8-28(18)21-16(34)17-12(42-21)7-41-44(39,43-17)40-6-10-2-1-9(3-11(10)29(37)38)20(36)27(4-13(30)31)5-14(32)33/h1-3,8,12,16-17,21,34H,4-7H2,(H,30,31)(H,32,33)(H3,23,25,26,35)/p-2/t12-,16-,17-,21-,44-/m1/s1. The number of nitrogens with zero attached hydrogens (tertiary/aromatic N) is 5. The van der Waals surface area contributed by atoms with Crippen molar-refractivity contribution in [1.82, 2.24) is 24.4 Å². The zero-order valence-electron chi connectivity index (χ0n) is 22.0. The number of carboxylic acid groups (broad SMARTS) is 2. The maximum atomic E-state index is 13.3. The van der Waals surface area contributed by atoms with Crippen molar-refractivity contribution >= 4 is 48.5 Å². The molecule has 5 rings (SSSR count). The zero-order valence-corrected chi connectivity index (χ0v) is 22.9. The SMILES string of the molecule is Nc1nc2c(ncn2[C@@H]2O[C@@H]3CO[P@@](=O)(OCc4ccc(C(=O)N(CC(=O)[O-])CC(=O)[O-])cc4[N+](=O)[O-])O[C@H]3[C@H]2O)c(=O)[nH]1. The first-order valence-electron chi connectivity index (χ1n) is 12.4. The Morgan fingerprint density at radius 3 is 2.64 bits per heavy atom. The molecule has 5 atom stereocenters. The molecule has 2 fully saturated rings. The number of ether oxygens (including phenoxy) is 1. The van der Waals surface area contributed by atoms with E-state index in [1.165, 1.54) is 10.9 Å². The van der Waals surface area contributed by atoms with Gasteiger partial charge in [-0.05, 0) is 12.1 Å². The van der Waals surface area contributed by atoms with E-state index in [2.05, 4.69) is 15.0 Å². The van der Waals surface area contributed by atoms with E-state index >= 15 is 0 Å². The van der Waals surface area contributed by atoms with Gasteiger partial charge < -0.3 is 40.3 Å². The number of aliphatic hydroxyl groups excluding tert-OH is 1. The van der Waals surface area contributed by atoms with E-state index in [9.17, 15) is 49.2 Å². The second-order valence-corrected chi connectivity index (χ2v) is 11.0. The highest BCUT2D eigenvalue weighted by molar-refractivity contribution is 7.48. The number of phosphoric ester groups is 1. The van der Waals surface area contributed by atoms with Gasteiger partial charge in [0.1, 0.15) is 18.3 Å². The van der Waals surface area contributed by atoms with Gasteiger partial charge in [0.2, 0.25) is 5.95 Å². The van der Waals surface area contributed by atoms with E-state index < -0.39 is 98.2 Å². The first kappa shape index (κ1) is 30.7. The van der Waals surface area contributed by atoms with E-state index in [0.29, 0.717) is 4.90 Å². The van der Waals surface area contributed by atoms with Gasteiger partial charge in [0.05, 0.1) is 55.1 Å². The van der Waals surface area contributed by atoms with Gasteiger partial charge in [-0.2, -0.15) is 4.98 Å². The number of benzene rings is 1. The number of nitro groups is 1. The minimum absolute atomic E-state index is 0.00842. The van der Waals surface area contributed by atoms with Gasteiger partial charge in [0.25, 0.3) is 17.2 Å². The highest BCUT2D eigenvalue weighted by Crippen LogP contribution is 2.57. The van der Waals surface area contributed by atoms with Crippen LogP contribution in [0.15, 0.2) is 29.3 Å². The molecule has 0 bridgehead atoms. The third-order valence-electron chi connectivity index (χ3n) is 6.52. The lowest BCUT2D eigenvalue weighted by atomic mass is 10.1. The number of carbonyl (C=O) groups is 3. The molecule has 0 unspecified atom stereocenters. The molecule has 2 aromatic heterocycles. The molecule has 1 amide bonds. The number of rotatable bonds is 10. The number of fused-ring (bicyclic) bond motifs is 2. The van der Waals surface area contributed by atoms with Crippen LogP contribution in [-0.2, 0) is 39.1 Å². The van der Waals surface area contributed by atoms with Gasteiger partial charge in [-0.1, -0.05) is 0 Å². The van der Waals surface area contributed by atoms with Crippen molar-refractivity contribution in [3.05, 3.63) is 56.1 Å². The molecule has 4 heterocycles. The lowest BCUT2D eigenvalue weighted by Gasteiger charge is -2.30. The fourth-order valence-electron chi connectivity index (χ4n) is 4.59. The fourth-order valence-corrected chi connectivity index (χ4v) is 5.97. The molecule has 0 aliphatic carbocycles. The van der Waals surface area contributed by atoms with Gasteiger partial charge in [-0.25, -0.2) is 9.55 Å². The number of aromatic nitrogens is 4. The summed E-state index contributed by atoms with van der Waals surface area (Å²) in [6.45, 7) is -3.40. The van der Waals surface area contributed by atoms with Crippen LogP contribution in [0.4, 0.5) is 11.6 Å². The third-order valence-corrected chi connectivity index (χ3v) is 7.93. The third kappa shape index (κ3) is 6.00. The Morgan fingerprint density at radius 1 is 1.27 bits per heavy atom. The molecule has 0 spiro atoms. The molecule has 1 aromatic carbocycles. The number of anilines is 1.